The second-order valence-electron chi connectivity index (χ2n) is 7.35. The van der Waals surface area contributed by atoms with Gasteiger partial charge in [0.25, 0.3) is 5.91 Å². The fourth-order valence-electron chi connectivity index (χ4n) is 3.55. The number of aryl methyl sites for hydroxylation is 1. The zero-order valence-corrected chi connectivity index (χ0v) is 16.4. The molecule has 0 N–H and O–H groups in total. The molecule has 2 aliphatic rings. The Kier molecular flexibility index (Phi) is 6.16. The number of nitrogens with zero attached hydrogens (tertiary/aromatic N) is 2. The molecule has 27 heavy (non-hydrogen) atoms. The minimum Gasteiger partial charge on any atom is -0.455 e. The lowest BCUT2D eigenvalue weighted by Crippen LogP contribution is -2.49. The van der Waals surface area contributed by atoms with Crippen LogP contribution in [0.2, 0.25) is 0 Å². The molecule has 3 rings (SSSR count). The summed E-state index contributed by atoms with van der Waals surface area (Å²) in [6.45, 7) is 5.35. The third kappa shape index (κ3) is 5.52. The Labute approximate surface area is 160 Å². The maximum atomic E-state index is 12.3. The van der Waals surface area contributed by atoms with E-state index in [0.29, 0.717) is 13.1 Å². The number of amides is 1. The van der Waals surface area contributed by atoms with Crippen LogP contribution in [0.1, 0.15) is 17.5 Å². The SMILES string of the molecule is Cc1cccc(CN2CCN(C(=O)COC(=O)C3CCS(=O)(=O)C3)CC2)c1. The van der Waals surface area contributed by atoms with Gasteiger partial charge in [-0.3, -0.25) is 14.5 Å². The van der Waals surface area contributed by atoms with E-state index in [1.165, 1.54) is 11.1 Å². The van der Waals surface area contributed by atoms with E-state index in [9.17, 15) is 18.0 Å². The molecule has 2 fully saturated rings. The Balaban J connectivity index is 1.40. The summed E-state index contributed by atoms with van der Waals surface area (Å²) in [5.41, 5.74) is 2.49. The van der Waals surface area contributed by atoms with Crippen molar-refractivity contribution in [3.63, 3.8) is 0 Å². The molecule has 7 nitrogen and oxygen atoms in total. The quantitative estimate of drug-likeness (QED) is 0.681. The molecule has 1 aromatic rings. The molecule has 2 saturated heterocycles. The molecule has 0 radical (unpaired) electrons. The number of ether oxygens (including phenoxy) is 1. The van der Waals surface area contributed by atoms with E-state index in [2.05, 4.69) is 30.0 Å². The molecule has 1 amide bonds. The van der Waals surface area contributed by atoms with Crippen LogP contribution in [0.15, 0.2) is 24.3 Å². The number of benzene rings is 1. The lowest BCUT2D eigenvalue weighted by atomic mass is 10.1. The van der Waals surface area contributed by atoms with Crippen molar-refractivity contribution >= 4 is 21.7 Å². The normalized spacial score (nSPS) is 22.6. The van der Waals surface area contributed by atoms with Gasteiger partial charge in [-0.05, 0) is 18.9 Å². The van der Waals surface area contributed by atoms with E-state index < -0.39 is 21.7 Å². The van der Waals surface area contributed by atoms with Gasteiger partial charge in [-0.25, -0.2) is 8.42 Å². The second kappa shape index (κ2) is 8.39. The van der Waals surface area contributed by atoms with Gasteiger partial charge in [0.15, 0.2) is 16.4 Å². The minimum absolute atomic E-state index is 0.0175. The fourth-order valence-corrected chi connectivity index (χ4v) is 5.27. The number of hydrogen-bond acceptors (Lipinski definition) is 6. The first kappa shape index (κ1) is 19.8. The van der Waals surface area contributed by atoms with Gasteiger partial charge < -0.3 is 9.64 Å². The number of carbonyl (C=O) groups excluding carboxylic acids is 2. The Morgan fingerprint density at radius 3 is 2.56 bits per heavy atom. The molecular weight excluding hydrogens is 368 g/mol. The zero-order chi connectivity index (χ0) is 19.4. The zero-order valence-electron chi connectivity index (χ0n) is 15.6. The summed E-state index contributed by atoms with van der Waals surface area (Å²) in [7, 11) is -3.14. The van der Waals surface area contributed by atoms with Crippen LogP contribution in [0, 0.1) is 12.8 Å². The summed E-state index contributed by atoms with van der Waals surface area (Å²) in [5.74, 6) is -1.59. The molecule has 148 valence electrons. The first-order valence-corrected chi connectivity index (χ1v) is 11.1. The maximum absolute atomic E-state index is 12.3. The molecule has 0 aliphatic carbocycles. The van der Waals surface area contributed by atoms with Gasteiger partial charge in [0, 0.05) is 32.7 Å². The molecule has 0 spiro atoms. The third-order valence-corrected chi connectivity index (χ3v) is 6.89. The summed E-state index contributed by atoms with van der Waals surface area (Å²) < 4.78 is 27.9. The Hall–Kier alpha value is -1.93. The van der Waals surface area contributed by atoms with Gasteiger partial charge in [-0.1, -0.05) is 29.8 Å². The standard InChI is InChI=1S/C19H26N2O5S/c1-15-3-2-4-16(11-15)12-20-6-8-21(9-7-20)18(22)13-26-19(23)17-5-10-27(24,25)14-17/h2-4,11,17H,5-10,12-14H2,1H3. The molecule has 8 heteroatoms. The molecular formula is C19H26N2O5S. The maximum Gasteiger partial charge on any atom is 0.310 e. The molecule has 2 aliphatic heterocycles. The third-order valence-electron chi connectivity index (χ3n) is 5.12. The van der Waals surface area contributed by atoms with Crippen LogP contribution in [0.4, 0.5) is 0 Å². The number of carbonyl (C=O) groups is 2. The highest BCUT2D eigenvalue weighted by Crippen LogP contribution is 2.19. The summed E-state index contributed by atoms with van der Waals surface area (Å²) in [5, 5.41) is 0. The molecule has 1 unspecified atom stereocenters. The van der Waals surface area contributed by atoms with Crippen molar-refractivity contribution in [2.75, 3.05) is 44.3 Å². The second-order valence-corrected chi connectivity index (χ2v) is 9.58. The van der Waals surface area contributed by atoms with Crippen molar-refractivity contribution < 1.29 is 22.7 Å². The summed E-state index contributed by atoms with van der Waals surface area (Å²) in [6.07, 6.45) is 0.285. The van der Waals surface area contributed by atoms with Gasteiger partial charge in [0.2, 0.25) is 0 Å². The lowest BCUT2D eigenvalue weighted by molar-refractivity contribution is -0.155. The summed E-state index contributed by atoms with van der Waals surface area (Å²) in [6, 6.07) is 8.39. The van der Waals surface area contributed by atoms with Gasteiger partial charge in [-0.2, -0.15) is 0 Å². The summed E-state index contributed by atoms with van der Waals surface area (Å²) in [4.78, 5) is 28.2. The van der Waals surface area contributed by atoms with E-state index in [0.717, 1.165) is 19.6 Å². The highest BCUT2D eigenvalue weighted by Gasteiger charge is 2.34. The van der Waals surface area contributed by atoms with E-state index in [1.54, 1.807) is 4.90 Å². The fraction of sp³-hybridized carbons (Fsp3) is 0.579. The van der Waals surface area contributed by atoms with Crippen molar-refractivity contribution in [3.05, 3.63) is 35.4 Å². The van der Waals surface area contributed by atoms with E-state index in [-0.39, 0.29) is 30.4 Å². The first-order valence-electron chi connectivity index (χ1n) is 9.25. The van der Waals surface area contributed by atoms with Crippen molar-refractivity contribution in [1.82, 2.24) is 9.80 Å². The number of rotatable bonds is 5. The monoisotopic (exact) mass is 394 g/mol. The van der Waals surface area contributed by atoms with Crippen LogP contribution in [-0.4, -0.2) is 74.4 Å². The van der Waals surface area contributed by atoms with E-state index >= 15 is 0 Å². The number of piperazine rings is 1. The largest absolute Gasteiger partial charge is 0.455 e. The lowest BCUT2D eigenvalue weighted by Gasteiger charge is -2.34. The number of hydrogen-bond donors (Lipinski definition) is 0. The molecule has 1 atom stereocenters. The average Bonchev–Trinajstić information content (AvgIpc) is 3.00. The van der Waals surface area contributed by atoms with Crippen molar-refractivity contribution in [1.29, 1.82) is 0 Å². The average molecular weight is 394 g/mol. The first-order chi connectivity index (χ1) is 12.8. The molecule has 0 bridgehead atoms. The van der Waals surface area contributed by atoms with Crippen molar-refractivity contribution in [2.24, 2.45) is 5.92 Å². The topological polar surface area (TPSA) is 84.0 Å². The Morgan fingerprint density at radius 2 is 1.93 bits per heavy atom. The van der Waals surface area contributed by atoms with Crippen LogP contribution in [0.25, 0.3) is 0 Å². The predicted molar refractivity (Wildman–Crippen MR) is 101 cm³/mol. The molecule has 0 saturated carbocycles. The highest BCUT2D eigenvalue weighted by molar-refractivity contribution is 7.91. The predicted octanol–water partition coefficient (Wildman–Crippen LogP) is 0.617. The number of sulfone groups is 1. The van der Waals surface area contributed by atoms with Crippen molar-refractivity contribution in [2.45, 2.75) is 19.9 Å². The van der Waals surface area contributed by atoms with Crippen LogP contribution >= 0.6 is 0 Å². The van der Waals surface area contributed by atoms with Gasteiger partial charge in [-0.15, -0.1) is 0 Å². The van der Waals surface area contributed by atoms with E-state index in [1.807, 2.05) is 6.07 Å². The van der Waals surface area contributed by atoms with Crippen LogP contribution in [0.5, 0.6) is 0 Å². The smallest absolute Gasteiger partial charge is 0.310 e. The van der Waals surface area contributed by atoms with Gasteiger partial charge >= 0.3 is 5.97 Å². The highest BCUT2D eigenvalue weighted by atomic mass is 32.2. The van der Waals surface area contributed by atoms with Crippen LogP contribution < -0.4 is 0 Å². The van der Waals surface area contributed by atoms with E-state index in [4.69, 9.17) is 4.74 Å². The Bertz CT molecular complexity index is 800. The minimum atomic E-state index is -3.14. The molecule has 0 aromatic heterocycles. The van der Waals surface area contributed by atoms with Crippen molar-refractivity contribution in [3.8, 4) is 0 Å². The molecule has 1 aromatic carbocycles. The summed E-state index contributed by atoms with van der Waals surface area (Å²) >= 11 is 0. The molecule has 2 heterocycles. The van der Waals surface area contributed by atoms with Crippen LogP contribution in [-0.2, 0) is 30.7 Å². The number of esters is 1. The van der Waals surface area contributed by atoms with Gasteiger partial charge in [0.05, 0.1) is 17.4 Å². The van der Waals surface area contributed by atoms with Crippen LogP contribution in [0.3, 0.4) is 0 Å². The Morgan fingerprint density at radius 1 is 1.19 bits per heavy atom. The van der Waals surface area contributed by atoms with Gasteiger partial charge in [0.1, 0.15) is 0 Å².